The largest absolute Gasteiger partial charge is 0.381 e. The zero-order valence-corrected chi connectivity index (χ0v) is 13.2. The van der Waals surface area contributed by atoms with Crippen molar-refractivity contribution < 1.29 is 4.74 Å². The Labute approximate surface area is 113 Å². The molecule has 0 bridgehead atoms. The summed E-state index contributed by atoms with van der Waals surface area (Å²) in [5.41, 5.74) is 0.482. The summed E-state index contributed by atoms with van der Waals surface area (Å²) >= 11 is 0. The van der Waals surface area contributed by atoms with Crippen molar-refractivity contribution >= 4 is 0 Å². The molecule has 0 radical (unpaired) electrons. The molecule has 0 aromatic heterocycles. The maximum absolute atomic E-state index is 5.67. The Hall–Kier alpha value is -0.120. The Morgan fingerprint density at radius 3 is 2.50 bits per heavy atom. The third kappa shape index (κ3) is 4.87. The molecule has 0 amide bonds. The van der Waals surface area contributed by atoms with Gasteiger partial charge < -0.3 is 15.0 Å². The number of rotatable bonds is 6. The molecule has 1 N–H and O–H groups in total. The van der Waals surface area contributed by atoms with E-state index in [0.717, 1.165) is 26.3 Å². The van der Waals surface area contributed by atoms with Gasteiger partial charge in [0, 0.05) is 36.7 Å². The quantitative estimate of drug-likeness (QED) is 0.790. The van der Waals surface area contributed by atoms with E-state index in [1.807, 2.05) is 0 Å². The van der Waals surface area contributed by atoms with Crippen LogP contribution in [-0.4, -0.2) is 49.8 Å². The third-order valence-electron chi connectivity index (χ3n) is 4.11. The first-order chi connectivity index (χ1) is 8.28. The minimum atomic E-state index is 0.185. The highest BCUT2D eigenvalue weighted by atomic mass is 16.5. The van der Waals surface area contributed by atoms with Crippen LogP contribution in [0, 0.1) is 5.41 Å². The number of ether oxygens (including phenoxy) is 1. The average Bonchev–Trinajstić information content (AvgIpc) is 2.73. The van der Waals surface area contributed by atoms with Gasteiger partial charge in [0.1, 0.15) is 0 Å². The Balaban J connectivity index is 2.58. The molecule has 1 rings (SSSR count). The Morgan fingerprint density at radius 1 is 1.39 bits per heavy atom. The normalized spacial score (nSPS) is 26.8. The summed E-state index contributed by atoms with van der Waals surface area (Å²) in [6, 6.07) is 0.650. The lowest BCUT2D eigenvalue weighted by molar-refractivity contribution is 0.0979. The highest BCUT2D eigenvalue weighted by Gasteiger charge is 2.37. The van der Waals surface area contributed by atoms with Crippen LogP contribution in [0.3, 0.4) is 0 Å². The smallest absolute Gasteiger partial charge is 0.0547 e. The Morgan fingerprint density at radius 2 is 2.06 bits per heavy atom. The lowest BCUT2D eigenvalue weighted by Gasteiger charge is -2.37. The van der Waals surface area contributed by atoms with Crippen molar-refractivity contribution in [2.75, 3.05) is 33.4 Å². The van der Waals surface area contributed by atoms with Gasteiger partial charge in [0.25, 0.3) is 0 Å². The van der Waals surface area contributed by atoms with E-state index in [0.29, 0.717) is 11.5 Å². The first-order valence-corrected chi connectivity index (χ1v) is 7.31. The summed E-state index contributed by atoms with van der Waals surface area (Å²) in [5.74, 6) is 0. The van der Waals surface area contributed by atoms with Crippen molar-refractivity contribution in [3.8, 4) is 0 Å². The zero-order valence-electron chi connectivity index (χ0n) is 13.2. The highest BCUT2D eigenvalue weighted by Crippen LogP contribution is 2.30. The van der Waals surface area contributed by atoms with Crippen LogP contribution in [0.25, 0.3) is 0 Å². The summed E-state index contributed by atoms with van der Waals surface area (Å²) < 4.78 is 5.67. The van der Waals surface area contributed by atoms with Crippen LogP contribution in [0.4, 0.5) is 0 Å². The van der Waals surface area contributed by atoms with E-state index in [1.54, 1.807) is 0 Å². The van der Waals surface area contributed by atoms with Gasteiger partial charge in [0.2, 0.25) is 0 Å². The van der Waals surface area contributed by atoms with Gasteiger partial charge in [0.15, 0.2) is 0 Å². The van der Waals surface area contributed by atoms with Crippen LogP contribution in [0.15, 0.2) is 0 Å². The maximum Gasteiger partial charge on any atom is 0.0547 e. The van der Waals surface area contributed by atoms with E-state index in [1.165, 1.54) is 12.8 Å². The van der Waals surface area contributed by atoms with Crippen LogP contribution in [0.2, 0.25) is 0 Å². The number of hydrogen-bond acceptors (Lipinski definition) is 3. The molecule has 0 aromatic rings. The van der Waals surface area contributed by atoms with E-state index >= 15 is 0 Å². The molecule has 1 heterocycles. The summed E-state index contributed by atoms with van der Waals surface area (Å²) in [7, 11) is 2.24. The summed E-state index contributed by atoms with van der Waals surface area (Å²) in [4.78, 5) is 2.49. The van der Waals surface area contributed by atoms with Crippen LogP contribution < -0.4 is 5.32 Å². The van der Waals surface area contributed by atoms with Gasteiger partial charge in [-0.05, 0) is 47.6 Å². The van der Waals surface area contributed by atoms with Gasteiger partial charge in [-0.15, -0.1) is 0 Å². The van der Waals surface area contributed by atoms with Gasteiger partial charge in [-0.1, -0.05) is 6.92 Å². The summed E-state index contributed by atoms with van der Waals surface area (Å²) in [6.45, 7) is 15.3. The van der Waals surface area contributed by atoms with Gasteiger partial charge >= 0.3 is 0 Å². The lowest BCUT2D eigenvalue weighted by atomic mass is 9.85. The van der Waals surface area contributed by atoms with E-state index in [-0.39, 0.29) is 5.54 Å². The number of nitrogens with zero attached hydrogens (tertiary/aromatic N) is 1. The van der Waals surface area contributed by atoms with Crippen molar-refractivity contribution in [3.05, 3.63) is 0 Å². The lowest BCUT2D eigenvalue weighted by Crippen LogP contribution is -2.50. The molecule has 0 spiro atoms. The van der Waals surface area contributed by atoms with E-state index < -0.39 is 0 Å². The Kier molecular flexibility index (Phi) is 5.63. The van der Waals surface area contributed by atoms with Crippen molar-refractivity contribution in [1.82, 2.24) is 10.2 Å². The molecule has 1 fully saturated rings. The first kappa shape index (κ1) is 15.9. The molecule has 2 unspecified atom stereocenters. The molecule has 3 nitrogen and oxygen atoms in total. The van der Waals surface area contributed by atoms with Gasteiger partial charge in [0.05, 0.1) is 6.61 Å². The molecule has 0 saturated carbocycles. The minimum absolute atomic E-state index is 0.185. The SMILES string of the molecule is CCC(C)N(C)CC1(CNC(C)(C)C)CCOC1. The second kappa shape index (κ2) is 6.36. The van der Waals surface area contributed by atoms with E-state index in [2.05, 4.69) is 51.9 Å². The molecular weight excluding hydrogens is 224 g/mol. The maximum atomic E-state index is 5.67. The fourth-order valence-corrected chi connectivity index (χ4v) is 2.42. The van der Waals surface area contributed by atoms with Crippen molar-refractivity contribution in [2.45, 2.75) is 59.0 Å². The van der Waals surface area contributed by atoms with Crippen molar-refractivity contribution in [1.29, 1.82) is 0 Å². The molecule has 18 heavy (non-hydrogen) atoms. The summed E-state index contributed by atoms with van der Waals surface area (Å²) in [6.07, 6.45) is 2.39. The molecule has 108 valence electrons. The predicted molar refractivity (Wildman–Crippen MR) is 78.0 cm³/mol. The van der Waals surface area contributed by atoms with Crippen LogP contribution in [-0.2, 0) is 4.74 Å². The van der Waals surface area contributed by atoms with Gasteiger partial charge in [-0.3, -0.25) is 0 Å². The predicted octanol–water partition coefficient (Wildman–Crippen LogP) is 2.51. The molecule has 3 heteroatoms. The van der Waals surface area contributed by atoms with Crippen molar-refractivity contribution in [3.63, 3.8) is 0 Å². The molecule has 1 aliphatic rings. The molecule has 0 aromatic carbocycles. The Bertz CT molecular complexity index is 241. The fraction of sp³-hybridized carbons (Fsp3) is 1.00. The second-order valence-electron chi connectivity index (χ2n) is 7.08. The van der Waals surface area contributed by atoms with E-state index in [4.69, 9.17) is 4.74 Å². The standard InChI is InChI=1S/C15H32N2O/c1-7-13(2)17(6)11-15(8-9-18-12-15)10-16-14(3,4)5/h13,16H,7-12H2,1-6H3. The molecule has 1 aliphatic heterocycles. The van der Waals surface area contributed by atoms with Gasteiger partial charge in [-0.25, -0.2) is 0 Å². The average molecular weight is 256 g/mol. The topological polar surface area (TPSA) is 24.5 Å². The molecular formula is C15H32N2O. The van der Waals surface area contributed by atoms with Crippen LogP contribution in [0.5, 0.6) is 0 Å². The second-order valence-corrected chi connectivity index (χ2v) is 7.08. The number of nitrogens with one attached hydrogen (secondary N) is 1. The highest BCUT2D eigenvalue weighted by molar-refractivity contribution is 4.90. The number of hydrogen-bond donors (Lipinski definition) is 1. The minimum Gasteiger partial charge on any atom is -0.381 e. The summed E-state index contributed by atoms with van der Waals surface area (Å²) in [5, 5.41) is 3.66. The zero-order chi connectivity index (χ0) is 13.8. The fourth-order valence-electron chi connectivity index (χ4n) is 2.42. The molecule has 0 aliphatic carbocycles. The third-order valence-corrected chi connectivity index (χ3v) is 4.11. The van der Waals surface area contributed by atoms with Crippen molar-refractivity contribution in [2.24, 2.45) is 5.41 Å². The van der Waals surface area contributed by atoms with E-state index in [9.17, 15) is 0 Å². The first-order valence-electron chi connectivity index (χ1n) is 7.31. The monoisotopic (exact) mass is 256 g/mol. The molecule has 1 saturated heterocycles. The van der Waals surface area contributed by atoms with Gasteiger partial charge in [-0.2, -0.15) is 0 Å². The van der Waals surface area contributed by atoms with Crippen LogP contribution in [0.1, 0.15) is 47.5 Å². The molecule has 2 atom stereocenters. The van der Waals surface area contributed by atoms with Crippen LogP contribution >= 0.6 is 0 Å².